The third-order valence-electron chi connectivity index (χ3n) is 4.28. The molecule has 132 valence electrons. The van der Waals surface area contributed by atoms with Crippen molar-refractivity contribution in [3.8, 4) is 0 Å². The van der Waals surface area contributed by atoms with Gasteiger partial charge in [-0.25, -0.2) is 4.79 Å². The van der Waals surface area contributed by atoms with Gasteiger partial charge in [0.15, 0.2) is 6.29 Å². The minimum Gasteiger partial charge on any atom is -0.423 e. The van der Waals surface area contributed by atoms with Gasteiger partial charge >= 0.3 is 5.63 Å². The third-order valence-corrected chi connectivity index (χ3v) is 4.28. The fourth-order valence-corrected chi connectivity index (χ4v) is 2.94. The Morgan fingerprint density at radius 1 is 1.25 bits per heavy atom. The Morgan fingerprint density at radius 3 is 2.71 bits per heavy atom. The smallest absolute Gasteiger partial charge is 0.336 e. The molecule has 24 heavy (non-hydrogen) atoms. The van der Waals surface area contributed by atoms with Crippen LogP contribution in [0.3, 0.4) is 0 Å². The van der Waals surface area contributed by atoms with Crippen molar-refractivity contribution >= 4 is 12.2 Å². The van der Waals surface area contributed by atoms with E-state index >= 15 is 0 Å². The van der Waals surface area contributed by atoms with Gasteiger partial charge < -0.3 is 34.3 Å². The quantitative estimate of drug-likeness (QED) is 0.461. The second-order valence-corrected chi connectivity index (χ2v) is 6.00. The van der Waals surface area contributed by atoms with E-state index in [0.717, 1.165) is 10.8 Å². The molecule has 0 radical (unpaired) electrons. The molecule has 1 aromatic heterocycles. The van der Waals surface area contributed by atoms with Gasteiger partial charge in [0, 0.05) is 11.3 Å². The van der Waals surface area contributed by atoms with E-state index in [-0.39, 0.29) is 0 Å². The van der Waals surface area contributed by atoms with Crippen LogP contribution < -0.4 is 16.3 Å². The lowest BCUT2D eigenvalue weighted by molar-refractivity contribution is -0.306. The lowest BCUT2D eigenvalue weighted by Crippen LogP contribution is -2.59. The van der Waals surface area contributed by atoms with Crippen molar-refractivity contribution < 1.29 is 34.3 Å². The first kappa shape index (κ1) is 17.3. The Bertz CT molecular complexity index is 767. The first-order valence-electron chi connectivity index (χ1n) is 7.69. The van der Waals surface area contributed by atoms with Gasteiger partial charge in [0.25, 0.3) is 0 Å². The van der Waals surface area contributed by atoms with Crippen LogP contribution in [0.15, 0.2) is 15.3 Å². The van der Waals surface area contributed by atoms with E-state index in [1.165, 1.54) is 6.07 Å². The normalized spacial score (nSPS) is 35.7. The molecule has 1 aromatic rings. The maximum Gasteiger partial charge on any atom is 0.336 e. The fourth-order valence-electron chi connectivity index (χ4n) is 2.94. The molecule has 0 bridgehead atoms. The predicted octanol–water partition coefficient (Wildman–Crippen LogP) is -2.90. The monoisotopic (exact) mass is 340 g/mol. The zero-order valence-electron chi connectivity index (χ0n) is 13.0. The van der Waals surface area contributed by atoms with Crippen molar-refractivity contribution in [1.29, 1.82) is 0 Å². The van der Waals surface area contributed by atoms with E-state index in [2.05, 4.69) is 0 Å². The summed E-state index contributed by atoms with van der Waals surface area (Å²) in [7, 11) is 0. The second kappa shape index (κ2) is 6.75. The molecule has 4 N–H and O–H groups in total. The van der Waals surface area contributed by atoms with E-state index in [1.54, 1.807) is 13.0 Å². The van der Waals surface area contributed by atoms with E-state index in [9.17, 15) is 25.2 Å². The summed E-state index contributed by atoms with van der Waals surface area (Å²) >= 11 is 0. The highest BCUT2D eigenvalue weighted by Gasteiger charge is 2.44. The lowest BCUT2D eigenvalue weighted by Gasteiger charge is -2.40. The highest BCUT2D eigenvalue weighted by Crippen LogP contribution is 2.24. The number of hydrogen-bond acceptors (Lipinski definition) is 8. The summed E-state index contributed by atoms with van der Waals surface area (Å²) in [5.74, 6) is 0. The van der Waals surface area contributed by atoms with E-state index < -0.39 is 49.0 Å². The Hall–Kier alpha value is -1.55. The van der Waals surface area contributed by atoms with Crippen molar-refractivity contribution in [3.05, 3.63) is 32.7 Å². The molecular formula is C16H20O8. The van der Waals surface area contributed by atoms with Gasteiger partial charge in [-0.05, 0) is 25.0 Å². The van der Waals surface area contributed by atoms with Crippen LogP contribution in [0.4, 0.5) is 0 Å². The van der Waals surface area contributed by atoms with Gasteiger partial charge in [-0.1, -0.05) is 6.08 Å². The Labute approximate surface area is 136 Å². The zero-order valence-corrected chi connectivity index (χ0v) is 13.0. The molecule has 1 aliphatic heterocycles. The molecule has 2 aliphatic rings. The molecule has 0 saturated carbocycles. The van der Waals surface area contributed by atoms with Crippen LogP contribution >= 0.6 is 0 Å². The Balaban J connectivity index is 1.81. The number of aliphatic hydroxyl groups is 4. The van der Waals surface area contributed by atoms with Gasteiger partial charge in [0.2, 0.25) is 0 Å². The van der Waals surface area contributed by atoms with Crippen molar-refractivity contribution in [2.45, 2.75) is 50.2 Å². The Kier molecular flexibility index (Phi) is 4.86. The standard InChI is InChI=1S/C16H20O8/c1-7-4-12(18)23-10-5-8(2-3-9(7)10)22-16-15(21)14(20)13(19)11(6-17)24-16/h3-5,8,11,13-17,19-21H,2,6H2,1H3/t8?,11?,13-,14?,15?,16-/m1/s1. The van der Waals surface area contributed by atoms with Crippen LogP contribution in [0.5, 0.6) is 0 Å². The first-order valence-corrected chi connectivity index (χ1v) is 7.69. The van der Waals surface area contributed by atoms with Crippen LogP contribution in [0.25, 0.3) is 12.2 Å². The summed E-state index contributed by atoms with van der Waals surface area (Å²) in [5, 5.41) is 39.5. The molecule has 8 heteroatoms. The summed E-state index contributed by atoms with van der Waals surface area (Å²) in [6, 6.07) is 1.40. The van der Waals surface area contributed by atoms with Crippen LogP contribution in [-0.2, 0) is 9.47 Å². The van der Waals surface area contributed by atoms with Gasteiger partial charge in [-0.15, -0.1) is 0 Å². The van der Waals surface area contributed by atoms with Gasteiger partial charge in [0.1, 0.15) is 29.8 Å². The zero-order chi connectivity index (χ0) is 17.4. The molecule has 8 nitrogen and oxygen atoms in total. The number of hydrogen-bond donors (Lipinski definition) is 4. The molecule has 0 spiro atoms. The predicted molar refractivity (Wildman–Crippen MR) is 81.2 cm³/mol. The molecular weight excluding hydrogens is 320 g/mol. The van der Waals surface area contributed by atoms with Gasteiger partial charge in [0.05, 0.1) is 12.7 Å². The van der Waals surface area contributed by atoms with Crippen LogP contribution in [0, 0.1) is 6.92 Å². The largest absolute Gasteiger partial charge is 0.423 e. The molecule has 0 amide bonds. The van der Waals surface area contributed by atoms with Crippen molar-refractivity contribution in [1.82, 2.24) is 0 Å². The van der Waals surface area contributed by atoms with E-state index in [4.69, 9.17) is 13.9 Å². The van der Waals surface area contributed by atoms with E-state index in [0.29, 0.717) is 11.8 Å². The van der Waals surface area contributed by atoms with Gasteiger partial charge in [-0.2, -0.15) is 0 Å². The number of rotatable bonds is 3. The topological polar surface area (TPSA) is 130 Å². The average Bonchev–Trinajstić information content (AvgIpc) is 2.55. The number of ether oxygens (including phenoxy) is 2. The highest BCUT2D eigenvalue weighted by molar-refractivity contribution is 5.41. The Morgan fingerprint density at radius 2 is 2.00 bits per heavy atom. The number of aryl methyl sites for hydroxylation is 1. The van der Waals surface area contributed by atoms with Gasteiger partial charge in [-0.3, -0.25) is 0 Å². The number of aliphatic hydroxyl groups excluding tert-OH is 4. The highest BCUT2D eigenvalue weighted by atomic mass is 16.7. The molecule has 6 atom stereocenters. The molecule has 1 aliphatic carbocycles. The molecule has 3 rings (SSSR count). The van der Waals surface area contributed by atoms with Crippen LogP contribution in [-0.4, -0.2) is 63.8 Å². The fraction of sp³-hybridized carbons (Fsp3) is 0.562. The SMILES string of the molecule is Cc1cc(=O)oc2c1=CCC(O[C@@H]1OC(CO)[C@@H](O)C(O)C1O)C=2. The first-order chi connectivity index (χ1) is 11.4. The molecule has 1 fully saturated rings. The second-order valence-electron chi connectivity index (χ2n) is 6.00. The minimum atomic E-state index is -1.50. The molecule has 2 heterocycles. The van der Waals surface area contributed by atoms with Crippen LogP contribution in [0.1, 0.15) is 12.0 Å². The van der Waals surface area contributed by atoms with Crippen molar-refractivity contribution in [2.75, 3.05) is 6.61 Å². The summed E-state index contributed by atoms with van der Waals surface area (Å²) in [6.07, 6.45) is -3.31. The summed E-state index contributed by atoms with van der Waals surface area (Å²) in [5.41, 5.74) is 0.703. The molecule has 0 aromatic carbocycles. The summed E-state index contributed by atoms with van der Waals surface area (Å²) in [6.45, 7) is 1.28. The van der Waals surface area contributed by atoms with Crippen molar-refractivity contribution in [2.24, 2.45) is 0 Å². The van der Waals surface area contributed by atoms with Crippen molar-refractivity contribution in [3.63, 3.8) is 0 Å². The summed E-state index contributed by atoms with van der Waals surface area (Å²) in [4.78, 5) is 11.5. The molecule has 1 saturated heterocycles. The van der Waals surface area contributed by atoms with E-state index in [1.807, 2.05) is 6.08 Å². The molecule has 4 unspecified atom stereocenters. The maximum atomic E-state index is 11.5. The summed E-state index contributed by atoms with van der Waals surface area (Å²) < 4.78 is 16.1. The third kappa shape index (κ3) is 3.16. The van der Waals surface area contributed by atoms with Crippen LogP contribution in [0.2, 0.25) is 0 Å². The average molecular weight is 340 g/mol. The maximum absolute atomic E-state index is 11.5. The number of fused-ring (bicyclic) bond motifs is 1. The minimum absolute atomic E-state index is 0.376. The lowest BCUT2D eigenvalue weighted by atomic mass is 9.99.